The molecule has 4 aromatic rings. The zero-order chi connectivity index (χ0) is 16.7. The predicted octanol–water partition coefficient (Wildman–Crippen LogP) is 4.08. The molecule has 1 N–H and O–H groups in total. The van der Waals surface area contributed by atoms with Gasteiger partial charge in [0.1, 0.15) is 6.33 Å². The number of fused-ring (bicyclic) bond motifs is 1. The third-order valence-electron chi connectivity index (χ3n) is 3.72. The molecule has 0 bridgehead atoms. The SMILES string of the molecule is O=c1[nH]cnc2c1ncn2-c1ccc(-c2ccc(Cl)cc2)cc1Cl. The van der Waals surface area contributed by atoms with Gasteiger partial charge in [-0.05, 0) is 35.4 Å². The molecule has 0 radical (unpaired) electrons. The maximum Gasteiger partial charge on any atom is 0.278 e. The Labute approximate surface area is 146 Å². The van der Waals surface area contributed by atoms with Crippen molar-refractivity contribution in [3.8, 4) is 16.8 Å². The number of benzene rings is 2. The molecule has 0 amide bonds. The van der Waals surface area contributed by atoms with Crippen molar-refractivity contribution in [3.63, 3.8) is 0 Å². The lowest BCUT2D eigenvalue weighted by Gasteiger charge is -2.09. The van der Waals surface area contributed by atoms with Gasteiger partial charge in [-0.15, -0.1) is 0 Å². The summed E-state index contributed by atoms with van der Waals surface area (Å²) in [5, 5.41) is 1.21. The van der Waals surface area contributed by atoms with Crippen molar-refractivity contribution >= 4 is 34.4 Å². The van der Waals surface area contributed by atoms with E-state index in [4.69, 9.17) is 23.2 Å². The molecule has 0 aliphatic carbocycles. The standard InChI is InChI=1S/C17H10Cl2N4O/c18-12-4-1-10(2-5-12)11-3-6-14(13(19)7-11)23-9-22-15-16(23)20-8-21-17(15)24/h1-9H,(H,20,21,24). The Balaban J connectivity index is 1.83. The van der Waals surface area contributed by atoms with E-state index in [1.54, 1.807) is 4.57 Å². The highest BCUT2D eigenvalue weighted by atomic mass is 35.5. The molecule has 7 heteroatoms. The molecule has 4 rings (SSSR count). The van der Waals surface area contributed by atoms with Crippen LogP contribution in [0.4, 0.5) is 0 Å². The normalized spacial score (nSPS) is 11.1. The second-order valence-electron chi connectivity index (χ2n) is 5.19. The fraction of sp³-hybridized carbons (Fsp3) is 0. The van der Waals surface area contributed by atoms with Crippen molar-refractivity contribution < 1.29 is 0 Å². The van der Waals surface area contributed by atoms with Crippen LogP contribution in [0.3, 0.4) is 0 Å². The van der Waals surface area contributed by atoms with Crippen molar-refractivity contribution in [2.75, 3.05) is 0 Å². The lowest BCUT2D eigenvalue weighted by molar-refractivity contribution is 1.06. The third-order valence-corrected chi connectivity index (χ3v) is 4.28. The minimum Gasteiger partial charge on any atom is -0.311 e. The zero-order valence-corrected chi connectivity index (χ0v) is 13.7. The van der Waals surface area contributed by atoms with Crippen LogP contribution in [0.1, 0.15) is 0 Å². The molecule has 0 unspecified atom stereocenters. The topological polar surface area (TPSA) is 63.6 Å². The predicted molar refractivity (Wildman–Crippen MR) is 94.9 cm³/mol. The van der Waals surface area contributed by atoms with Gasteiger partial charge >= 0.3 is 0 Å². The van der Waals surface area contributed by atoms with E-state index in [0.717, 1.165) is 11.1 Å². The molecule has 0 atom stereocenters. The van der Waals surface area contributed by atoms with Gasteiger partial charge in [0.2, 0.25) is 0 Å². The van der Waals surface area contributed by atoms with Crippen molar-refractivity contribution in [1.29, 1.82) is 0 Å². The first kappa shape index (κ1) is 14.9. The molecule has 2 aromatic carbocycles. The summed E-state index contributed by atoms with van der Waals surface area (Å²) in [5.74, 6) is 0. The first-order valence-corrected chi connectivity index (χ1v) is 7.86. The summed E-state index contributed by atoms with van der Waals surface area (Å²) in [7, 11) is 0. The molecule has 0 fully saturated rings. The summed E-state index contributed by atoms with van der Waals surface area (Å²) in [6, 6.07) is 13.2. The molecule has 2 heterocycles. The summed E-state index contributed by atoms with van der Waals surface area (Å²) >= 11 is 12.4. The van der Waals surface area contributed by atoms with Gasteiger partial charge in [0.05, 0.1) is 17.0 Å². The monoisotopic (exact) mass is 356 g/mol. The van der Waals surface area contributed by atoms with Crippen molar-refractivity contribution in [3.05, 3.63) is 75.5 Å². The molecule has 0 saturated heterocycles. The maximum absolute atomic E-state index is 11.8. The van der Waals surface area contributed by atoms with Crippen molar-refractivity contribution in [2.24, 2.45) is 0 Å². The Hall–Kier alpha value is -2.63. The lowest BCUT2D eigenvalue weighted by Crippen LogP contribution is -2.07. The average Bonchev–Trinajstić information content (AvgIpc) is 3.01. The van der Waals surface area contributed by atoms with Crippen LogP contribution in [0.25, 0.3) is 28.0 Å². The minimum absolute atomic E-state index is 0.273. The van der Waals surface area contributed by atoms with E-state index in [1.165, 1.54) is 12.7 Å². The highest BCUT2D eigenvalue weighted by Crippen LogP contribution is 2.29. The van der Waals surface area contributed by atoms with Gasteiger partial charge in [-0.25, -0.2) is 9.97 Å². The number of rotatable bonds is 2. The van der Waals surface area contributed by atoms with E-state index in [9.17, 15) is 4.79 Å². The summed E-state index contributed by atoms with van der Waals surface area (Å²) < 4.78 is 1.69. The van der Waals surface area contributed by atoms with Gasteiger partial charge < -0.3 is 4.98 Å². The van der Waals surface area contributed by atoms with Gasteiger partial charge in [0.25, 0.3) is 5.56 Å². The van der Waals surface area contributed by atoms with Gasteiger partial charge in [-0.3, -0.25) is 9.36 Å². The van der Waals surface area contributed by atoms with Crippen molar-refractivity contribution in [2.45, 2.75) is 0 Å². The van der Waals surface area contributed by atoms with Crippen LogP contribution in [-0.4, -0.2) is 19.5 Å². The first-order chi connectivity index (χ1) is 11.6. The summed E-state index contributed by atoms with van der Waals surface area (Å²) in [6.45, 7) is 0. The van der Waals surface area contributed by atoms with Crippen molar-refractivity contribution in [1.82, 2.24) is 19.5 Å². The largest absolute Gasteiger partial charge is 0.311 e. The second kappa shape index (κ2) is 5.78. The van der Waals surface area contributed by atoms with Crippen LogP contribution in [0.5, 0.6) is 0 Å². The van der Waals surface area contributed by atoms with Gasteiger partial charge in [0, 0.05) is 5.02 Å². The fourth-order valence-corrected chi connectivity index (χ4v) is 2.94. The Kier molecular flexibility index (Phi) is 3.59. The highest BCUT2D eigenvalue weighted by molar-refractivity contribution is 6.32. The highest BCUT2D eigenvalue weighted by Gasteiger charge is 2.12. The maximum atomic E-state index is 11.8. The molecule has 2 aromatic heterocycles. The smallest absolute Gasteiger partial charge is 0.278 e. The van der Waals surface area contributed by atoms with Gasteiger partial charge in [-0.2, -0.15) is 0 Å². The third kappa shape index (κ3) is 2.48. The number of halogens is 2. The number of H-pyrrole nitrogens is 1. The summed E-state index contributed by atoms with van der Waals surface area (Å²) in [6.07, 6.45) is 2.88. The Morgan fingerprint density at radius 2 is 1.71 bits per heavy atom. The molecule has 0 saturated carbocycles. The molecule has 24 heavy (non-hydrogen) atoms. The van der Waals surface area contributed by atoms with Crippen LogP contribution in [0.2, 0.25) is 10.0 Å². The van der Waals surface area contributed by atoms with E-state index < -0.39 is 0 Å². The minimum atomic E-state index is -0.285. The van der Waals surface area contributed by atoms with Crippen LogP contribution < -0.4 is 5.56 Å². The quantitative estimate of drug-likeness (QED) is 0.588. The average molecular weight is 357 g/mol. The molecular formula is C17H10Cl2N4O. The van der Waals surface area contributed by atoms with Crippen LogP contribution in [-0.2, 0) is 0 Å². The lowest BCUT2D eigenvalue weighted by atomic mass is 10.1. The number of aromatic nitrogens is 4. The van der Waals surface area contributed by atoms with Crippen LogP contribution >= 0.6 is 23.2 Å². The van der Waals surface area contributed by atoms with Crippen LogP contribution in [0, 0.1) is 0 Å². The molecule has 0 aliphatic heterocycles. The van der Waals surface area contributed by atoms with E-state index in [2.05, 4.69) is 15.0 Å². The van der Waals surface area contributed by atoms with E-state index >= 15 is 0 Å². The van der Waals surface area contributed by atoms with E-state index in [-0.39, 0.29) is 11.1 Å². The number of hydrogen-bond donors (Lipinski definition) is 1. The number of hydrogen-bond acceptors (Lipinski definition) is 3. The number of aromatic amines is 1. The van der Waals surface area contributed by atoms with Gasteiger partial charge in [0.15, 0.2) is 11.2 Å². The number of nitrogens with zero attached hydrogens (tertiary/aromatic N) is 3. The Bertz CT molecular complexity index is 1100. The number of imidazole rings is 1. The summed E-state index contributed by atoms with van der Waals surface area (Å²) in [5.41, 5.74) is 3.13. The van der Waals surface area contributed by atoms with E-state index in [0.29, 0.717) is 21.4 Å². The Morgan fingerprint density at radius 3 is 2.46 bits per heavy atom. The molecule has 118 valence electrons. The Morgan fingerprint density at radius 1 is 0.958 bits per heavy atom. The molecule has 0 spiro atoms. The second-order valence-corrected chi connectivity index (χ2v) is 6.04. The molecule has 5 nitrogen and oxygen atoms in total. The van der Waals surface area contributed by atoms with Gasteiger partial charge in [-0.1, -0.05) is 41.4 Å². The summed E-state index contributed by atoms with van der Waals surface area (Å²) in [4.78, 5) is 22.6. The van der Waals surface area contributed by atoms with Crippen LogP contribution in [0.15, 0.2) is 59.9 Å². The van der Waals surface area contributed by atoms with E-state index in [1.807, 2.05) is 42.5 Å². The molecular weight excluding hydrogens is 347 g/mol. The number of nitrogens with one attached hydrogen (secondary N) is 1. The fourth-order valence-electron chi connectivity index (χ4n) is 2.55. The molecule has 0 aliphatic rings. The first-order valence-electron chi connectivity index (χ1n) is 7.10. The zero-order valence-electron chi connectivity index (χ0n) is 12.2.